The Kier molecular flexibility index (Phi) is 2.45. The second kappa shape index (κ2) is 3.99. The number of para-hydroxylation sites is 1. The molecule has 0 fully saturated rings. The fourth-order valence-corrected chi connectivity index (χ4v) is 2.27. The van der Waals surface area contributed by atoms with Gasteiger partial charge >= 0.3 is 5.69 Å². The summed E-state index contributed by atoms with van der Waals surface area (Å²) in [5.74, 6) is 0.197. The summed E-state index contributed by atoms with van der Waals surface area (Å²) in [4.78, 5) is 26.8. The van der Waals surface area contributed by atoms with Gasteiger partial charge in [-0.25, -0.2) is 4.79 Å². The third-order valence-electron chi connectivity index (χ3n) is 2.61. The van der Waals surface area contributed by atoms with Gasteiger partial charge in [0.1, 0.15) is 0 Å². The molecule has 3 rings (SSSR count). The molecule has 1 aromatic carbocycles. The lowest BCUT2D eigenvalue weighted by Crippen LogP contribution is -2.33. The highest BCUT2D eigenvalue weighted by atomic mass is 79.9. The lowest BCUT2D eigenvalue weighted by molar-refractivity contribution is 0.528. The average Bonchev–Trinajstić information content (AvgIpc) is 2.84. The van der Waals surface area contributed by atoms with E-state index in [2.05, 4.69) is 20.9 Å². The van der Waals surface area contributed by atoms with E-state index in [0.717, 1.165) is 4.57 Å². The highest BCUT2D eigenvalue weighted by Crippen LogP contribution is 2.18. The molecule has 2 heterocycles. The fraction of sp³-hybridized carbons (Fsp3) is 0. The van der Waals surface area contributed by atoms with Gasteiger partial charge < -0.3 is 9.40 Å². The third-order valence-corrected chi connectivity index (χ3v) is 3.27. The van der Waals surface area contributed by atoms with Crippen LogP contribution < -0.4 is 11.2 Å². The van der Waals surface area contributed by atoms with Crippen molar-refractivity contribution in [2.75, 3.05) is 0 Å². The molecule has 0 saturated heterocycles. The zero-order valence-electron chi connectivity index (χ0n) is 9.01. The van der Waals surface area contributed by atoms with Crippen LogP contribution in [-0.2, 0) is 0 Å². The van der Waals surface area contributed by atoms with Crippen molar-refractivity contribution in [1.82, 2.24) is 9.55 Å². The Morgan fingerprint density at radius 3 is 2.72 bits per heavy atom. The van der Waals surface area contributed by atoms with Gasteiger partial charge in [-0.05, 0) is 34.1 Å². The SMILES string of the molecule is O=c1[nH]c2c(Br)cccc2c(=O)n1-c1ccco1. The van der Waals surface area contributed by atoms with E-state index in [1.54, 1.807) is 30.3 Å². The summed E-state index contributed by atoms with van der Waals surface area (Å²) in [6, 6.07) is 8.32. The van der Waals surface area contributed by atoms with E-state index in [4.69, 9.17) is 4.42 Å². The number of halogens is 1. The summed E-state index contributed by atoms with van der Waals surface area (Å²) in [6.45, 7) is 0. The molecule has 5 nitrogen and oxygen atoms in total. The molecule has 0 spiro atoms. The molecule has 3 aromatic rings. The van der Waals surface area contributed by atoms with Gasteiger partial charge in [0.05, 0.1) is 17.2 Å². The summed E-state index contributed by atoms with van der Waals surface area (Å²) in [6.07, 6.45) is 1.41. The molecule has 2 aromatic heterocycles. The maximum atomic E-state index is 12.3. The molecule has 0 unspecified atom stereocenters. The Morgan fingerprint density at radius 2 is 2.00 bits per heavy atom. The molecule has 18 heavy (non-hydrogen) atoms. The molecule has 0 atom stereocenters. The third kappa shape index (κ3) is 1.53. The van der Waals surface area contributed by atoms with Crippen LogP contribution in [0.2, 0.25) is 0 Å². The standard InChI is InChI=1S/C12H7BrN2O3/c13-8-4-1-3-7-10(8)14-12(17)15(11(7)16)9-5-2-6-18-9/h1-6H,(H,14,17). The molecule has 0 aliphatic carbocycles. The maximum absolute atomic E-state index is 12.3. The second-order valence-corrected chi connectivity index (χ2v) is 4.54. The van der Waals surface area contributed by atoms with E-state index in [-0.39, 0.29) is 5.88 Å². The molecular weight excluding hydrogens is 300 g/mol. The molecule has 0 bridgehead atoms. The van der Waals surface area contributed by atoms with E-state index in [0.29, 0.717) is 15.4 Å². The number of rotatable bonds is 1. The minimum absolute atomic E-state index is 0.197. The number of hydrogen-bond acceptors (Lipinski definition) is 3. The molecule has 0 radical (unpaired) electrons. The van der Waals surface area contributed by atoms with E-state index in [1.807, 2.05) is 0 Å². The molecule has 6 heteroatoms. The molecular formula is C12H7BrN2O3. The first-order chi connectivity index (χ1) is 8.68. The zero-order chi connectivity index (χ0) is 12.7. The van der Waals surface area contributed by atoms with Crippen molar-refractivity contribution in [2.24, 2.45) is 0 Å². The van der Waals surface area contributed by atoms with Gasteiger partial charge in [-0.3, -0.25) is 4.79 Å². The number of furan rings is 1. The van der Waals surface area contributed by atoms with Crippen LogP contribution in [0.4, 0.5) is 0 Å². The normalized spacial score (nSPS) is 10.9. The van der Waals surface area contributed by atoms with Crippen LogP contribution in [0.1, 0.15) is 0 Å². The number of H-pyrrole nitrogens is 1. The smallest absolute Gasteiger partial charge is 0.335 e. The number of nitrogens with zero attached hydrogens (tertiary/aromatic N) is 1. The summed E-state index contributed by atoms with van der Waals surface area (Å²) < 4.78 is 6.73. The summed E-state index contributed by atoms with van der Waals surface area (Å²) in [5, 5.41) is 0.417. The van der Waals surface area contributed by atoms with Crippen LogP contribution in [0.25, 0.3) is 16.8 Å². The van der Waals surface area contributed by atoms with Gasteiger partial charge in [-0.1, -0.05) is 6.07 Å². The Morgan fingerprint density at radius 1 is 1.17 bits per heavy atom. The predicted octanol–water partition coefficient (Wildman–Crippen LogP) is 2.03. The predicted molar refractivity (Wildman–Crippen MR) is 70.1 cm³/mol. The van der Waals surface area contributed by atoms with Crippen molar-refractivity contribution >= 4 is 26.8 Å². The van der Waals surface area contributed by atoms with Crippen molar-refractivity contribution in [1.29, 1.82) is 0 Å². The Bertz CT molecular complexity index is 831. The quantitative estimate of drug-likeness (QED) is 0.748. The first-order valence-electron chi connectivity index (χ1n) is 5.16. The van der Waals surface area contributed by atoms with E-state index >= 15 is 0 Å². The van der Waals surface area contributed by atoms with Crippen LogP contribution in [0, 0.1) is 0 Å². The van der Waals surface area contributed by atoms with Crippen LogP contribution in [0.15, 0.2) is 55.1 Å². The average molecular weight is 307 g/mol. The molecule has 0 saturated carbocycles. The molecule has 0 aliphatic heterocycles. The summed E-state index contributed by atoms with van der Waals surface area (Å²) in [5.41, 5.74) is -0.463. The molecule has 1 N–H and O–H groups in total. The number of nitrogens with one attached hydrogen (secondary N) is 1. The lowest BCUT2D eigenvalue weighted by Gasteiger charge is -2.04. The van der Waals surface area contributed by atoms with E-state index in [1.165, 1.54) is 6.26 Å². The first-order valence-corrected chi connectivity index (χ1v) is 5.95. The summed E-state index contributed by atoms with van der Waals surface area (Å²) >= 11 is 3.30. The Hall–Kier alpha value is -2.08. The van der Waals surface area contributed by atoms with Crippen molar-refractivity contribution in [2.45, 2.75) is 0 Å². The number of aromatic amines is 1. The largest absolute Gasteiger partial charge is 0.448 e. The van der Waals surface area contributed by atoms with Crippen molar-refractivity contribution in [3.8, 4) is 5.88 Å². The Labute approximate surface area is 109 Å². The molecule has 0 aliphatic rings. The summed E-state index contributed by atoms with van der Waals surface area (Å²) in [7, 11) is 0. The van der Waals surface area contributed by atoms with Gasteiger partial charge in [0, 0.05) is 10.5 Å². The number of aromatic nitrogens is 2. The highest BCUT2D eigenvalue weighted by Gasteiger charge is 2.12. The van der Waals surface area contributed by atoms with Gasteiger partial charge in [-0.15, -0.1) is 0 Å². The topological polar surface area (TPSA) is 68.0 Å². The monoisotopic (exact) mass is 306 g/mol. The van der Waals surface area contributed by atoms with E-state index < -0.39 is 11.2 Å². The first kappa shape index (κ1) is 11.0. The van der Waals surface area contributed by atoms with Crippen LogP contribution in [0.3, 0.4) is 0 Å². The number of hydrogen-bond donors (Lipinski definition) is 1. The molecule has 90 valence electrons. The van der Waals surface area contributed by atoms with Gasteiger partial charge in [-0.2, -0.15) is 4.57 Å². The zero-order valence-corrected chi connectivity index (χ0v) is 10.6. The molecule has 0 amide bonds. The van der Waals surface area contributed by atoms with Gasteiger partial charge in [0.2, 0.25) is 5.88 Å². The van der Waals surface area contributed by atoms with Crippen molar-refractivity contribution in [3.63, 3.8) is 0 Å². The minimum atomic E-state index is -0.533. The van der Waals surface area contributed by atoms with Crippen LogP contribution >= 0.6 is 15.9 Å². The van der Waals surface area contributed by atoms with E-state index in [9.17, 15) is 9.59 Å². The minimum Gasteiger partial charge on any atom is -0.448 e. The number of fused-ring (bicyclic) bond motifs is 1. The van der Waals surface area contributed by atoms with Gasteiger partial charge in [0.25, 0.3) is 5.56 Å². The highest BCUT2D eigenvalue weighted by molar-refractivity contribution is 9.10. The van der Waals surface area contributed by atoms with Gasteiger partial charge in [0.15, 0.2) is 0 Å². The second-order valence-electron chi connectivity index (χ2n) is 3.68. The fourth-order valence-electron chi connectivity index (χ4n) is 1.80. The van der Waals surface area contributed by atoms with Crippen LogP contribution in [-0.4, -0.2) is 9.55 Å². The maximum Gasteiger partial charge on any atom is 0.335 e. The Balaban J connectivity index is 2.50. The van der Waals surface area contributed by atoms with Crippen molar-refractivity contribution < 1.29 is 4.42 Å². The van der Waals surface area contributed by atoms with Crippen LogP contribution in [0.5, 0.6) is 0 Å². The lowest BCUT2D eigenvalue weighted by atomic mass is 10.2. The van der Waals surface area contributed by atoms with Crippen molar-refractivity contribution in [3.05, 3.63) is 61.9 Å². The number of benzene rings is 1.